The van der Waals surface area contributed by atoms with Gasteiger partial charge in [0.2, 0.25) is 0 Å². The summed E-state index contributed by atoms with van der Waals surface area (Å²) in [5.41, 5.74) is -4.08. The molecule has 0 saturated carbocycles. The number of hydrogen-bond acceptors (Lipinski definition) is 3. The molecular weight excluding hydrogens is 408 g/mol. The number of nitrogens with zero attached hydrogens (tertiary/aromatic N) is 1. The lowest BCUT2D eigenvalue weighted by Crippen LogP contribution is -2.14. The molecule has 2 rings (SSSR count). The van der Waals surface area contributed by atoms with E-state index in [1.54, 1.807) is 12.1 Å². The summed E-state index contributed by atoms with van der Waals surface area (Å²) in [6.45, 7) is 0. The number of hydrogen-bond donors (Lipinski definition) is 1. The number of rotatable bonds is 4. The van der Waals surface area contributed by atoms with E-state index >= 15 is 0 Å². The van der Waals surface area contributed by atoms with Gasteiger partial charge in [-0.3, -0.25) is 4.79 Å². The van der Waals surface area contributed by atoms with E-state index < -0.39 is 11.4 Å². The van der Waals surface area contributed by atoms with Crippen LogP contribution in [0.3, 0.4) is 0 Å². The molecule has 2 aromatic carbocycles. The van der Waals surface area contributed by atoms with Gasteiger partial charge in [-0.25, -0.2) is 0 Å². The van der Waals surface area contributed by atoms with E-state index in [0.29, 0.717) is 5.56 Å². The quantitative estimate of drug-likeness (QED) is 0.369. The van der Waals surface area contributed by atoms with Gasteiger partial charge in [0.25, 0.3) is 5.91 Å². The van der Waals surface area contributed by atoms with Crippen molar-refractivity contribution in [2.75, 3.05) is 5.32 Å². The largest absolute Gasteiger partial charge is 0.446 e. The molecule has 2 aromatic rings. The third-order valence-corrected chi connectivity index (χ3v) is 4.36. The van der Waals surface area contributed by atoms with Crippen molar-refractivity contribution >= 4 is 52.6 Å². The van der Waals surface area contributed by atoms with Crippen molar-refractivity contribution in [1.29, 1.82) is 5.26 Å². The second-order valence-corrected chi connectivity index (χ2v) is 6.79. The van der Waals surface area contributed by atoms with Crippen LogP contribution in [0.1, 0.15) is 5.56 Å². The van der Waals surface area contributed by atoms with Crippen LogP contribution in [-0.4, -0.2) is 11.4 Å². The van der Waals surface area contributed by atoms with Gasteiger partial charge in [-0.2, -0.15) is 18.4 Å². The molecule has 0 aliphatic carbocycles. The highest BCUT2D eigenvalue weighted by Gasteiger charge is 2.29. The van der Waals surface area contributed by atoms with Crippen LogP contribution in [0, 0.1) is 11.3 Å². The normalized spacial score (nSPS) is 11.8. The molecule has 0 unspecified atom stereocenters. The van der Waals surface area contributed by atoms with Gasteiger partial charge in [0, 0.05) is 4.90 Å². The molecule has 0 spiro atoms. The second-order valence-electron chi connectivity index (χ2n) is 4.84. The number of para-hydroxylation sites is 1. The number of anilines is 1. The van der Waals surface area contributed by atoms with E-state index in [4.69, 9.17) is 23.2 Å². The maximum atomic E-state index is 12.3. The number of nitrogens with one attached hydrogen (secondary N) is 1. The van der Waals surface area contributed by atoms with Gasteiger partial charge in [0.05, 0.1) is 15.7 Å². The topological polar surface area (TPSA) is 52.9 Å². The highest BCUT2D eigenvalue weighted by molar-refractivity contribution is 8.00. The highest BCUT2D eigenvalue weighted by atomic mass is 35.5. The first-order chi connectivity index (χ1) is 12.2. The first-order valence-electron chi connectivity index (χ1n) is 6.92. The summed E-state index contributed by atoms with van der Waals surface area (Å²) < 4.78 is 37.0. The monoisotopic (exact) mass is 416 g/mol. The third kappa shape index (κ3) is 5.70. The van der Waals surface area contributed by atoms with E-state index in [0.717, 1.165) is 0 Å². The van der Waals surface area contributed by atoms with Crippen molar-refractivity contribution in [3.63, 3.8) is 0 Å². The summed E-state index contributed by atoms with van der Waals surface area (Å²) in [6, 6.07) is 11.6. The number of nitriles is 1. The lowest BCUT2D eigenvalue weighted by Gasteiger charge is -2.08. The molecule has 0 bridgehead atoms. The van der Waals surface area contributed by atoms with Gasteiger partial charge in [0.15, 0.2) is 0 Å². The Bertz CT molecular complexity index is 870. The van der Waals surface area contributed by atoms with Crippen LogP contribution in [0.4, 0.5) is 18.9 Å². The predicted octanol–water partition coefficient (Wildman–Crippen LogP) is 6.15. The number of carbonyl (C=O) groups is 1. The standard InChI is InChI=1S/C17H9Cl2F3N2OS/c18-13-2-1-3-14(19)15(13)24-16(25)11(9-23)8-10-4-6-12(7-5-10)26-17(20,21)22/h1-8H,(H,24,25)/b11-8+. The SMILES string of the molecule is N#C/C(=C\c1ccc(SC(F)(F)F)cc1)C(=O)Nc1c(Cl)cccc1Cl. The molecule has 3 nitrogen and oxygen atoms in total. The van der Waals surface area contributed by atoms with Crippen LogP contribution in [0.15, 0.2) is 52.9 Å². The van der Waals surface area contributed by atoms with Crippen molar-refractivity contribution in [3.05, 3.63) is 63.6 Å². The first-order valence-corrected chi connectivity index (χ1v) is 8.50. The zero-order valence-corrected chi connectivity index (χ0v) is 15.1. The Kier molecular flexibility index (Phi) is 6.59. The van der Waals surface area contributed by atoms with Gasteiger partial charge in [-0.1, -0.05) is 41.4 Å². The number of thioether (sulfide) groups is 1. The zero-order valence-electron chi connectivity index (χ0n) is 12.8. The average molecular weight is 417 g/mol. The molecule has 0 fully saturated rings. The van der Waals surface area contributed by atoms with E-state index in [2.05, 4.69) is 5.32 Å². The van der Waals surface area contributed by atoms with Crippen LogP contribution in [0.25, 0.3) is 6.08 Å². The van der Waals surface area contributed by atoms with Gasteiger partial charge < -0.3 is 5.32 Å². The van der Waals surface area contributed by atoms with E-state index in [1.165, 1.54) is 42.5 Å². The molecule has 1 N–H and O–H groups in total. The Hall–Kier alpha value is -2.14. The minimum absolute atomic E-state index is 0.000424. The Balaban J connectivity index is 2.19. The molecule has 0 radical (unpaired) electrons. The lowest BCUT2D eigenvalue weighted by molar-refractivity contribution is -0.112. The number of amides is 1. The third-order valence-electron chi connectivity index (χ3n) is 2.99. The van der Waals surface area contributed by atoms with E-state index in [-0.39, 0.29) is 38.0 Å². The van der Waals surface area contributed by atoms with Crippen LogP contribution < -0.4 is 5.32 Å². The van der Waals surface area contributed by atoms with Crippen LogP contribution >= 0.6 is 35.0 Å². The van der Waals surface area contributed by atoms with Crippen molar-refractivity contribution < 1.29 is 18.0 Å². The van der Waals surface area contributed by atoms with Crippen molar-refractivity contribution in [2.45, 2.75) is 10.4 Å². The maximum Gasteiger partial charge on any atom is 0.446 e. The van der Waals surface area contributed by atoms with Crippen molar-refractivity contribution in [2.24, 2.45) is 0 Å². The highest BCUT2D eigenvalue weighted by Crippen LogP contribution is 2.36. The van der Waals surface area contributed by atoms with E-state index in [1.807, 2.05) is 0 Å². The van der Waals surface area contributed by atoms with Crippen LogP contribution in [0.5, 0.6) is 0 Å². The van der Waals surface area contributed by atoms with Crippen molar-refractivity contribution in [3.8, 4) is 6.07 Å². The molecule has 9 heteroatoms. The fourth-order valence-corrected chi connectivity index (χ4v) is 2.91. The lowest BCUT2D eigenvalue weighted by atomic mass is 10.1. The van der Waals surface area contributed by atoms with Gasteiger partial charge in [-0.15, -0.1) is 0 Å². The fourth-order valence-electron chi connectivity index (χ4n) is 1.88. The Labute approximate surface area is 161 Å². The number of benzene rings is 2. The molecule has 0 aromatic heterocycles. The molecule has 0 heterocycles. The molecule has 1 amide bonds. The molecule has 0 aliphatic heterocycles. The predicted molar refractivity (Wildman–Crippen MR) is 97.0 cm³/mol. The average Bonchev–Trinajstić information content (AvgIpc) is 2.56. The number of carbonyl (C=O) groups excluding carboxylic acids is 1. The van der Waals surface area contributed by atoms with Crippen molar-refractivity contribution in [1.82, 2.24) is 0 Å². The summed E-state index contributed by atoms with van der Waals surface area (Å²) in [6.07, 6.45) is 1.25. The Morgan fingerprint density at radius 3 is 2.19 bits per heavy atom. The summed E-state index contributed by atoms with van der Waals surface area (Å²) in [4.78, 5) is 12.2. The molecule has 134 valence electrons. The van der Waals surface area contributed by atoms with Crippen LogP contribution in [0.2, 0.25) is 10.0 Å². The fraction of sp³-hybridized carbons (Fsp3) is 0.0588. The smallest absolute Gasteiger partial charge is 0.319 e. The minimum atomic E-state index is -4.39. The molecule has 26 heavy (non-hydrogen) atoms. The Morgan fingerprint density at radius 1 is 1.12 bits per heavy atom. The zero-order chi connectivity index (χ0) is 19.3. The summed E-state index contributed by atoms with van der Waals surface area (Å²) >= 11 is 11.7. The minimum Gasteiger partial charge on any atom is -0.319 e. The summed E-state index contributed by atoms with van der Waals surface area (Å²) in [7, 11) is 0. The molecule has 0 atom stereocenters. The maximum absolute atomic E-state index is 12.3. The molecular formula is C17H9Cl2F3N2OS. The molecule has 0 aliphatic rings. The molecule has 0 saturated heterocycles. The first kappa shape index (κ1) is 20.2. The summed E-state index contributed by atoms with van der Waals surface area (Å²) in [5.74, 6) is -0.740. The van der Waals surface area contributed by atoms with Gasteiger partial charge >= 0.3 is 5.51 Å². The number of alkyl halides is 3. The van der Waals surface area contributed by atoms with Gasteiger partial charge in [0.1, 0.15) is 11.6 Å². The van der Waals surface area contributed by atoms with E-state index in [9.17, 15) is 23.2 Å². The summed E-state index contributed by atoms with van der Waals surface area (Å²) in [5, 5.41) is 12.0. The van der Waals surface area contributed by atoms with Crippen LogP contribution in [-0.2, 0) is 4.79 Å². The second kappa shape index (κ2) is 8.49. The van der Waals surface area contributed by atoms with Gasteiger partial charge in [-0.05, 0) is 47.7 Å². The number of halogens is 5. The Morgan fingerprint density at radius 2 is 1.69 bits per heavy atom.